The maximum Gasteiger partial charge on any atom is 0.447 e. The van der Waals surface area contributed by atoms with Crippen molar-refractivity contribution in [3.8, 4) is 33.4 Å². The molecule has 0 N–H and O–H groups in total. The van der Waals surface area contributed by atoms with E-state index in [-0.39, 0.29) is 20.5 Å². The molecule has 0 unspecified atom stereocenters. The first-order valence-electron chi connectivity index (χ1n) is 31.9. The summed E-state index contributed by atoms with van der Waals surface area (Å²) in [6.45, 7) is 18.8. The zero-order chi connectivity index (χ0) is 64.6. The topological polar surface area (TPSA) is 99.5 Å². The molecule has 89 heavy (non-hydrogen) atoms. The van der Waals surface area contributed by atoms with Gasteiger partial charge in [0.25, 0.3) is 17.5 Å². The molecule has 15 heteroatoms. The van der Waals surface area contributed by atoms with Crippen molar-refractivity contribution in [3.63, 3.8) is 0 Å². The Labute approximate surface area is 527 Å². The summed E-state index contributed by atoms with van der Waals surface area (Å²) >= 11 is 0. The quantitative estimate of drug-likeness (QED) is 0.119. The Kier molecular flexibility index (Phi) is 14.2. The molecule has 0 radical (unpaired) electrons. The van der Waals surface area contributed by atoms with Gasteiger partial charge in [0.2, 0.25) is 17.1 Å². The molecule has 3 aliphatic heterocycles. The van der Waals surface area contributed by atoms with Crippen molar-refractivity contribution >= 4 is 107 Å². The predicted molar refractivity (Wildman–Crippen MR) is 367 cm³/mol. The number of anilines is 3. The molecule has 0 amide bonds. The van der Waals surface area contributed by atoms with Crippen LogP contribution in [0.4, 0.5) is 17.5 Å². The Morgan fingerprint density at radius 1 is 0.393 bits per heavy atom. The average molecular weight is 1170 g/mol. The van der Waals surface area contributed by atoms with Crippen LogP contribution in [-0.4, -0.2) is 35.5 Å². The highest BCUT2D eigenvalue weighted by atomic mass is 16.4. The van der Waals surface area contributed by atoms with Crippen molar-refractivity contribution in [1.29, 1.82) is 0 Å². The maximum atomic E-state index is 8.10. The molecule has 9 aromatic heterocycles. The second-order valence-electron chi connectivity index (χ2n) is 23.9. The van der Waals surface area contributed by atoms with Crippen LogP contribution >= 0.6 is 0 Å². The highest BCUT2D eigenvalue weighted by Gasteiger charge is 2.44. The number of hydrogen-bond acceptors (Lipinski definition) is 9. The summed E-state index contributed by atoms with van der Waals surface area (Å²) in [7, 11) is 6.09. The van der Waals surface area contributed by atoms with E-state index in [1.165, 1.54) is 39.2 Å². The molecule has 0 saturated carbocycles. The van der Waals surface area contributed by atoms with Crippen LogP contribution < -0.4 is 45.1 Å². The number of allylic oxidation sites excluding steroid dienone is 3. The SMILES string of the molecule is CB1c2oc3nc(C)ccc3c2C=C(C)N1c1cc(-c2ccccc2)cc[n+]1C.CB1c2oc3nc(C)ccc3c2C=C(C)N1c1cc(C)c(-c2ccccc2)c[n+]1C.[2H]C([2H])([2H])c1c[n+](C)c(N2B(C)c3oc4nc(C)ccc4c3C=C2C)cc1-c1ccccc1. The number of benzene rings is 3. The second-order valence-corrected chi connectivity index (χ2v) is 23.9. The first-order chi connectivity index (χ1) is 44.1. The summed E-state index contributed by atoms with van der Waals surface area (Å²) in [6.07, 6.45) is 12.6. The van der Waals surface area contributed by atoms with Crippen LogP contribution in [0.15, 0.2) is 201 Å². The van der Waals surface area contributed by atoms with Crippen molar-refractivity contribution in [2.75, 3.05) is 14.4 Å². The largest absolute Gasteiger partial charge is 0.447 e. The highest BCUT2D eigenvalue weighted by Crippen LogP contribution is 2.36. The lowest BCUT2D eigenvalue weighted by Crippen LogP contribution is -2.52. The van der Waals surface area contributed by atoms with E-state index in [9.17, 15) is 0 Å². The van der Waals surface area contributed by atoms with Gasteiger partial charge in [0, 0.05) is 77.8 Å². The first kappa shape index (κ1) is 54.4. The van der Waals surface area contributed by atoms with Gasteiger partial charge in [0.15, 0.2) is 0 Å². The second kappa shape index (κ2) is 23.3. The Morgan fingerprint density at radius 3 is 1.20 bits per heavy atom. The lowest BCUT2D eigenvalue weighted by molar-refractivity contribution is -0.658. The molecular weight excluding hydrogens is 1100 g/mol. The molecule has 12 heterocycles. The van der Waals surface area contributed by atoms with Gasteiger partial charge in [0.1, 0.15) is 17.0 Å². The predicted octanol–water partition coefficient (Wildman–Crippen LogP) is 13.6. The molecule has 12 nitrogen and oxygen atoms in total. The average Bonchev–Trinajstić information content (AvgIpc) is 1.51. The fourth-order valence-corrected chi connectivity index (χ4v) is 13.2. The fourth-order valence-electron chi connectivity index (χ4n) is 13.2. The van der Waals surface area contributed by atoms with E-state index < -0.39 is 6.85 Å². The van der Waals surface area contributed by atoms with Crippen molar-refractivity contribution in [2.24, 2.45) is 21.1 Å². The van der Waals surface area contributed by atoms with Crippen molar-refractivity contribution in [1.82, 2.24) is 15.0 Å². The lowest BCUT2D eigenvalue weighted by atomic mass is 9.57. The number of aromatic nitrogens is 6. The standard InChI is InChI=1S/2C25H25BN3O.C24H23BN3O/c1-16-15-28(5)23(14-21(16)19-9-7-6-8-10-19)29-18(3)13-22-20-12-11-17(2)27-25(20)30-24(22)26(29)4;1-16-13-23(28(5)15-22(16)19-9-7-6-8-10-19)29-18(3)14-21-20-12-11-17(2)27-25(20)30-24(21)26(29)4;1-16-10-11-20-21-14-17(2)28(25(3)23(21)29-24(20)26-16)22-15-19(12-13-27(22)4)18-8-6-5-7-9-18/h2*6-15H,1-5H3;5-15H,1-4H3/q3*+1/i1D3;;. The minimum atomic E-state index is -2.23. The molecular formula is C74H73B3N9O3+3. The number of nitrogens with zero attached hydrogens (tertiary/aromatic N) is 9. The van der Waals surface area contributed by atoms with Gasteiger partial charge in [0.05, 0.1) is 56.8 Å². The normalized spacial score (nSPS) is 14.2. The van der Waals surface area contributed by atoms with Gasteiger partial charge >= 0.3 is 20.5 Å². The minimum Gasteiger partial charge on any atom is -0.447 e. The third kappa shape index (κ3) is 10.6. The number of rotatable bonds is 6. The van der Waals surface area contributed by atoms with Gasteiger partial charge in [-0.05, 0) is 175 Å². The lowest BCUT2D eigenvalue weighted by Gasteiger charge is -2.26. The van der Waals surface area contributed by atoms with E-state index >= 15 is 0 Å². The van der Waals surface area contributed by atoms with E-state index in [1.54, 1.807) is 6.20 Å². The summed E-state index contributed by atoms with van der Waals surface area (Å²) in [5, 5.41) is 3.17. The summed E-state index contributed by atoms with van der Waals surface area (Å²) in [4.78, 5) is 20.6. The van der Waals surface area contributed by atoms with Gasteiger partial charge in [-0.3, -0.25) is 14.4 Å². The third-order valence-corrected chi connectivity index (χ3v) is 17.6. The Morgan fingerprint density at radius 2 is 0.775 bits per heavy atom. The van der Waals surface area contributed by atoms with Gasteiger partial charge in [-0.25, -0.2) is 28.7 Å². The Hall–Kier alpha value is -10.0. The van der Waals surface area contributed by atoms with Gasteiger partial charge < -0.3 is 13.3 Å². The minimum absolute atomic E-state index is 0.0710. The van der Waals surface area contributed by atoms with E-state index in [1.807, 2.05) is 93.0 Å². The molecule has 0 atom stereocenters. The number of fused-ring (bicyclic) bond motifs is 9. The highest BCUT2D eigenvalue weighted by molar-refractivity contribution is 6.77. The van der Waals surface area contributed by atoms with Crippen LogP contribution in [0.1, 0.15) is 69.8 Å². The number of pyridine rings is 6. The first-order valence-corrected chi connectivity index (χ1v) is 30.4. The molecule has 3 aromatic carbocycles. The zero-order valence-corrected chi connectivity index (χ0v) is 52.9. The number of aryl methyl sites for hydroxylation is 8. The smallest absolute Gasteiger partial charge is 0.447 e. The van der Waals surface area contributed by atoms with Crippen LogP contribution in [0.2, 0.25) is 20.5 Å². The third-order valence-electron chi connectivity index (χ3n) is 17.6. The number of hydrogen-bond donors (Lipinski definition) is 0. The van der Waals surface area contributed by atoms with E-state index in [0.29, 0.717) is 16.8 Å². The van der Waals surface area contributed by atoms with Crippen LogP contribution in [0, 0.1) is 34.5 Å². The molecule has 12 aromatic rings. The van der Waals surface area contributed by atoms with Gasteiger partial charge in [-0.1, -0.05) is 91.0 Å². The van der Waals surface area contributed by atoms with Crippen molar-refractivity contribution < 1.29 is 31.1 Å². The molecule has 15 rings (SSSR count). The molecule has 0 aliphatic carbocycles. The van der Waals surface area contributed by atoms with Crippen molar-refractivity contribution in [3.05, 3.63) is 232 Å². The molecule has 438 valence electrons. The molecule has 3 aliphatic rings. The Bertz CT molecular complexity index is 4970. The van der Waals surface area contributed by atoms with Crippen LogP contribution in [0.3, 0.4) is 0 Å². The zero-order valence-electron chi connectivity index (χ0n) is 55.9. The molecule has 0 bridgehead atoms. The van der Waals surface area contributed by atoms with Gasteiger partial charge in [-0.2, -0.15) is 0 Å². The van der Waals surface area contributed by atoms with Crippen LogP contribution in [0.5, 0.6) is 0 Å². The molecule has 0 spiro atoms. The van der Waals surface area contributed by atoms with E-state index in [0.717, 1.165) is 107 Å². The monoisotopic (exact) mass is 1170 g/mol. The van der Waals surface area contributed by atoms with Gasteiger partial charge in [-0.15, -0.1) is 0 Å². The maximum absolute atomic E-state index is 8.10. The summed E-state index contributed by atoms with van der Waals surface area (Å²) in [6, 6.07) is 51.7. The van der Waals surface area contributed by atoms with E-state index in [4.69, 9.17) is 17.4 Å². The summed E-state index contributed by atoms with van der Waals surface area (Å²) < 4.78 is 49.3. The summed E-state index contributed by atoms with van der Waals surface area (Å²) in [5.41, 5.74) is 22.6. The van der Waals surface area contributed by atoms with Crippen molar-refractivity contribution in [2.45, 2.75) is 75.8 Å². The summed E-state index contributed by atoms with van der Waals surface area (Å²) in [5.74, 6) is 3.16. The van der Waals surface area contributed by atoms with E-state index in [2.05, 4.69) is 222 Å². The molecule has 0 fully saturated rings. The van der Waals surface area contributed by atoms with Crippen LogP contribution in [-0.2, 0) is 21.1 Å². The fraction of sp³-hybridized carbons (Fsp3) is 0.189. The Balaban J connectivity index is 0.000000126. The number of furan rings is 3. The van der Waals surface area contributed by atoms with Crippen LogP contribution in [0.25, 0.3) is 84.9 Å². The molecule has 0 saturated heterocycles.